The molecule has 19 heavy (non-hydrogen) atoms. The standard InChI is InChI=1S/C10H10ClF2N5O/c11-6-3-5-7(17-16-6)15-9(19)10(8(12)13)4-14-1-2-18(5)10/h3,8,14H,1-2,4H2,(H,15,17,19). The summed E-state index contributed by atoms with van der Waals surface area (Å²) in [4.78, 5) is 13.4. The summed E-state index contributed by atoms with van der Waals surface area (Å²) in [6.45, 7) is 0.643. The van der Waals surface area contributed by atoms with Crippen molar-refractivity contribution in [2.24, 2.45) is 0 Å². The molecular weight excluding hydrogens is 280 g/mol. The lowest BCUT2D eigenvalue weighted by atomic mass is 9.91. The van der Waals surface area contributed by atoms with Crippen LogP contribution in [0.4, 0.5) is 20.3 Å². The van der Waals surface area contributed by atoms with Gasteiger partial charge >= 0.3 is 0 Å². The number of amides is 1. The van der Waals surface area contributed by atoms with Crippen molar-refractivity contribution < 1.29 is 13.6 Å². The number of carbonyl (C=O) groups is 1. The highest BCUT2D eigenvalue weighted by molar-refractivity contribution is 6.29. The quantitative estimate of drug-likeness (QED) is 0.788. The molecule has 1 aromatic rings. The first kappa shape index (κ1) is 12.5. The van der Waals surface area contributed by atoms with E-state index >= 15 is 0 Å². The van der Waals surface area contributed by atoms with Crippen LogP contribution in [0.2, 0.25) is 5.15 Å². The second kappa shape index (κ2) is 4.24. The summed E-state index contributed by atoms with van der Waals surface area (Å²) in [5.74, 6) is -0.619. The summed E-state index contributed by atoms with van der Waals surface area (Å²) < 4.78 is 27.0. The van der Waals surface area contributed by atoms with Gasteiger partial charge in [-0.25, -0.2) is 8.78 Å². The van der Waals surface area contributed by atoms with Crippen molar-refractivity contribution in [2.45, 2.75) is 12.0 Å². The maximum atomic E-state index is 13.5. The topological polar surface area (TPSA) is 70.2 Å². The van der Waals surface area contributed by atoms with E-state index < -0.39 is 17.9 Å². The van der Waals surface area contributed by atoms with Crippen LogP contribution in [0, 0.1) is 0 Å². The van der Waals surface area contributed by atoms with Gasteiger partial charge in [-0.1, -0.05) is 11.6 Å². The van der Waals surface area contributed by atoms with E-state index in [2.05, 4.69) is 20.8 Å². The van der Waals surface area contributed by atoms with Crippen LogP contribution in [0.5, 0.6) is 0 Å². The van der Waals surface area contributed by atoms with Crippen LogP contribution in [-0.4, -0.2) is 47.7 Å². The Balaban J connectivity index is 2.17. The minimum absolute atomic E-state index is 0.0941. The lowest BCUT2D eigenvalue weighted by Gasteiger charge is -2.49. The van der Waals surface area contributed by atoms with Gasteiger partial charge in [-0.15, -0.1) is 10.2 Å². The maximum absolute atomic E-state index is 13.5. The van der Waals surface area contributed by atoms with Gasteiger partial charge < -0.3 is 15.5 Å². The first-order valence-corrected chi connectivity index (χ1v) is 6.04. The highest BCUT2D eigenvalue weighted by Gasteiger charge is 2.56. The van der Waals surface area contributed by atoms with Crippen LogP contribution in [0.1, 0.15) is 0 Å². The molecule has 0 aliphatic carbocycles. The Morgan fingerprint density at radius 1 is 1.47 bits per heavy atom. The molecule has 0 bridgehead atoms. The number of alkyl halides is 2. The summed E-state index contributed by atoms with van der Waals surface area (Å²) in [6, 6.07) is 1.44. The van der Waals surface area contributed by atoms with Gasteiger partial charge in [0.1, 0.15) is 0 Å². The maximum Gasteiger partial charge on any atom is 0.271 e. The molecule has 1 aromatic heterocycles. The van der Waals surface area contributed by atoms with Crippen LogP contribution < -0.4 is 15.5 Å². The molecule has 1 atom stereocenters. The van der Waals surface area contributed by atoms with Crippen molar-refractivity contribution in [3.63, 3.8) is 0 Å². The molecule has 0 spiro atoms. The molecule has 0 radical (unpaired) electrons. The predicted octanol–water partition coefficient (Wildman–Crippen LogP) is 0.496. The highest BCUT2D eigenvalue weighted by Crippen LogP contribution is 2.39. The summed E-state index contributed by atoms with van der Waals surface area (Å²) >= 11 is 5.75. The zero-order chi connectivity index (χ0) is 13.6. The Hall–Kier alpha value is -1.54. The molecule has 1 saturated heterocycles. The number of hydrogen-bond donors (Lipinski definition) is 2. The molecule has 1 unspecified atom stereocenters. The summed E-state index contributed by atoms with van der Waals surface area (Å²) in [7, 11) is 0. The molecule has 3 rings (SSSR count). The van der Waals surface area contributed by atoms with E-state index in [1.165, 1.54) is 11.0 Å². The number of nitrogens with zero attached hydrogens (tertiary/aromatic N) is 3. The Bertz CT molecular complexity index is 543. The van der Waals surface area contributed by atoms with Gasteiger partial charge in [0.05, 0.1) is 5.69 Å². The third-order valence-corrected chi connectivity index (χ3v) is 3.59. The molecule has 102 valence electrons. The number of aromatic nitrogens is 2. The third kappa shape index (κ3) is 1.67. The normalized spacial score (nSPS) is 25.9. The van der Waals surface area contributed by atoms with E-state index in [1.54, 1.807) is 0 Å². The molecule has 0 aromatic carbocycles. The van der Waals surface area contributed by atoms with Crippen molar-refractivity contribution in [1.82, 2.24) is 15.5 Å². The van der Waals surface area contributed by atoms with Crippen LogP contribution in [0.15, 0.2) is 6.07 Å². The zero-order valence-electron chi connectivity index (χ0n) is 9.66. The van der Waals surface area contributed by atoms with E-state index in [1.807, 2.05) is 0 Å². The largest absolute Gasteiger partial charge is 0.347 e. The number of nitrogens with one attached hydrogen (secondary N) is 2. The van der Waals surface area contributed by atoms with Gasteiger partial charge in [-0.05, 0) is 0 Å². The molecule has 1 fully saturated rings. The average Bonchev–Trinajstić information content (AvgIpc) is 2.39. The fraction of sp³-hybridized carbons (Fsp3) is 0.500. The Labute approximate surface area is 112 Å². The van der Waals surface area contributed by atoms with Crippen LogP contribution in [0.25, 0.3) is 0 Å². The Morgan fingerprint density at radius 2 is 2.26 bits per heavy atom. The molecule has 0 saturated carbocycles. The zero-order valence-corrected chi connectivity index (χ0v) is 10.4. The van der Waals surface area contributed by atoms with E-state index in [4.69, 9.17) is 11.6 Å². The third-order valence-electron chi connectivity index (χ3n) is 3.41. The predicted molar refractivity (Wildman–Crippen MR) is 64.6 cm³/mol. The van der Waals surface area contributed by atoms with Crippen molar-refractivity contribution in [3.05, 3.63) is 11.2 Å². The van der Waals surface area contributed by atoms with Crippen LogP contribution in [-0.2, 0) is 4.79 Å². The monoisotopic (exact) mass is 289 g/mol. The Morgan fingerprint density at radius 3 is 3.00 bits per heavy atom. The average molecular weight is 290 g/mol. The fourth-order valence-corrected chi connectivity index (χ4v) is 2.61. The van der Waals surface area contributed by atoms with E-state index in [0.29, 0.717) is 12.2 Å². The molecule has 1 amide bonds. The second-order valence-electron chi connectivity index (χ2n) is 4.41. The molecule has 9 heteroatoms. The van der Waals surface area contributed by atoms with Gasteiger partial charge in [0.2, 0.25) is 0 Å². The number of anilines is 2. The molecule has 2 N–H and O–H groups in total. The van der Waals surface area contributed by atoms with Crippen molar-refractivity contribution in [3.8, 4) is 0 Å². The number of carbonyl (C=O) groups excluding carboxylic acids is 1. The number of halogens is 3. The van der Waals surface area contributed by atoms with Crippen molar-refractivity contribution in [2.75, 3.05) is 29.9 Å². The fourth-order valence-electron chi connectivity index (χ4n) is 2.47. The van der Waals surface area contributed by atoms with Crippen LogP contribution >= 0.6 is 11.6 Å². The molecular formula is C10H10ClF2N5O. The number of hydrogen-bond acceptors (Lipinski definition) is 5. The van der Waals surface area contributed by atoms with E-state index in [0.717, 1.165) is 0 Å². The SMILES string of the molecule is O=C1Nc2nnc(Cl)cc2N2CCNCC12C(F)F. The van der Waals surface area contributed by atoms with Gasteiger partial charge in [0, 0.05) is 25.7 Å². The molecule has 6 nitrogen and oxygen atoms in total. The number of piperazine rings is 1. The van der Waals surface area contributed by atoms with Gasteiger partial charge in [0.25, 0.3) is 12.3 Å². The van der Waals surface area contributed by atoms with Gasteiger partial charge in [-0.3, -0.25) is 4.79 Å². The van der Waals surface area contributed by atoms with Gasteiger partial charge in [-0.2, -0.15) is 0 Å². The number of fused-ring (bicyclic) bond motifs is 3. The van der Waals surface area contributed by atoms with E-state index in [9.17, 15) is 13.6 Å². The first-order chi connectivity index (χ1) is 9.05. The molecule has 3 heterocycles. The smallest absolute Gasteiger partial charge is 0.271 e. The lowest BCUT2D eigenvalue weighted by Crippen LogP contribution is -2.72. The highest BCUT2D eigenvalue weighted by atomic mass is 35.5. The van der Waals surface area contributed by atoms with Crippen molar-refractivity contribution in [1.29, 1.82) is 0 Å². The number of rotatable bonds is 1. The lowest BCUT2D eigenvalue weighted by molar-refractivity contribution is -0.127. The molecule has 2 aliphatic rings. The van der Waals surface area contributed by atoms with Gasteiger partial charge in [0.15, 0.2) is 16.5 Å². The summed E-state index contributed by atoms with van der Waals surface area (Å²) in [6.07, 6.45) is -2.83. The first-order valence-electron chi connectivity index (χ1n) is 5.67. The van der Waals surface area contributed by atoms with Crippen molar-refractivity contribution >= 4 is 29.0 Å². The minimum atomic E-state index is -2.83. The second-order valence-corrected chi connectivity index (χ2v) is 4.80. The Kier molecular flexibility index (Phi) is 2.79. The minimum Gasteiger partial charge on any atom is -0.347 e. The summed E-state index contributed by atoms with van der Waals surface area (Å²) in [5.41, 5.74) is -1.54. The van der Waals surface area contributed by atoms with Crippen LogP contribution in [0.3, 0.4) is 0 Å². The summed E-state index contributed by atoms with van der Waals surface area (Å²) in [5, 5.41) is 12.6. The molecule has 2 aliphatic heterocycles. The van der Waals surface area contributed by atoms with E-state index in [-0.39, 0.29) is 24.1 Å².